The molecule has 20 heavy (non-hydrogen) atoms. The van der Waals surface area contributed by atoms with Gasteiger partial charge in [0.1, 0.15) is 5.82 Å². The van der Waals surface area contributed by atoms with E-state index in [0.717, 1.165) is 12.1 Å². The van der Waals surface area contributed by atoms with Crippen LogP contribution >= 0.6 is 11.6 Å². The average Bonchev–Trinajstić information content (AvgIpc) is 2.40. The highest BCUT2D eigenvalue weighted by Crippen LogP contribution is 2.29. The molecule has 0 aliphatic heterocycles. The van der Waals surface area contributed by atoms with Crippen LogP contribution in [0.4, 0.5) is 4.39 Å². The zero-order chi connectivity index (χ0) is 14.7. The predicted molar refractivity (Wildman–Crippen MR) is 82.8 cm³/mol. The van der Waals surface area contributed by atoms with Crippen LogP contribution in [0.1, 0.15) is 35.2 Å². The number of hydrogen-bond acceptors (Lipinski definition) is 1. The Morgan fingerprint density at radius 3 is 2.55 bits per heavy atom. The van der Waals surface area contributed by atoms with Crippen LogP contribution < -0.4 is 5.32 Å². The summed E-state index contributed by atoms with van der Waals surface area (Å²) in [5, 5.41) is 3.78. The van der Waals surface area contributed by atoms with E-state index in [0.29, 0.717) is 10.6 Å². The minimum Gasteiger partial charge on any atom is -0.306 e. The smallest absolute Gasteiger partial charge is 0.129 e. The lowest BCUT2D eigenvalue weighted by molar-refractivity contribution is 0.557. The molecule has 0 aromatic heterocycles. The third-order valence-electron chi connectivity index (χ3n) is 3.64. The number of halogens is 2. The highest BCUT2D eigenvalue weighted by Gasteiger charge is 2.19. The molecular formula is C17H19ClFN. The zero-order valence-electron chi connectivity index (χ0n) is 12.0. The minimum atomic E-state index is -0.274. The van der Waals surface area contributed by atoms with E-state index < -0.39 is 0 Å². The summed E-state index contributed by atoms with van der Waals surface area (Å²) in [7, 11) is 0. The molecule has 1 N–H and O–H groups in total. The van der Waals surface area contributed by atoms with Gasteiger partial charge in [-0.25, -0.2) is 4.39 Å². The number of aryl methyl sites for hydroxylation is 1. The van der Waals surface area contributed by atoms with E-state index >= 15 is 0 Å². The first-order chi connectivity index (χ1) is 9.54. The first-order valence-electron chi connectivity index (χ1n) is 6.79. The summed E-state index contributed by atoms with van der Waals surface area (Å²) < 4.78 is 14.2. The Balaban J connectivity index is 2.53. The minimum absolute atomic E-state index is 0.155. The van der Waals surface area contributed by atoms with Crippen molar-refractivity contribution < 1.29 is 4.39 Å². The van der Waals surface area contributed by atoms with Crippen LogP contribution in [0.3, 0.4) is 0 Å². The molecule has 0 spiro atoms. The van der Waals surface area contributed by atoms with Crippen LogP contribution in [-0.2, 0) is 0 Å². The Morgan fingerprint density at radius 2 is 1.90 bits per heavy atom. The largest absolute Gasteiger partial charge is 0.306 e. The van der Waals surface area contributed by atoms with E-state index in [1.165, 1.54) is 17.2 Å². The van der Waals surface area contributed by atoms with Gasteiger partial charge >= 0.3 is 0 Å². The highest BCUT2D eigenvalue weighted by atomic mass is 35.5. The SMILES string of the molecule is CCNC(c1ccc(Cl)cc1F)c1cccc(C)c1C. The van der Waals surface area contributed by atoms with Gasteiger partial charge in [-0.2, -0.15) is 0 Å². The van der Waals surface area contributed by atoms with Gasteiger partial charge in [0.25, 0.3) is 0 Å². The lowest BCUT2D eigenvalue weighted by Gasteiger charge is -2.22. The maximum absolute atomic E-state index is 14.2. The van der Waals surface area contributed by atoms with E-state index in [1.54, 1.807) is 12.1 Å². The van der Waals surface area contributed by atoms with Gasteiger partial charge in [0.2, 0.25) is 0 Å². The Bertz CT molecular complexity index is 610. The van der Waals surface area contributed by atoms with E-state index in [-0.39, 0.29) is 11.9 Å². The molecule has 3 heteroatoms. The van der Waals surface area contributed by atoms with E-state index in [1.807, 2.05) is 19.1 Å². The third-order valence-corrected chi connectivity index (χ3v) is 3.87. The van der Waals surface area contributed by atoms with E-state index in [9.17, 15) is 4.39 Å². The molecule has 0 heterocycles. The summed E-state index contributed by atoms with van der Waals surface area (Å²) in [6, 6.07) is 10.8. The van der Waals surface area contributed by atoms with Crippen molar-refractivity contribution in [2.75, 3.05) is 6.54 Å². The average molecular weight is 292 g/mol. The zero-order valence-corrected chi connectivity index (χ0v) is 12.8. The molecule has 1 unspecified atom stereocenters. The normalized spacial score (nSPS) is 12.4. The fourth-order valence-corrected chi connectivity index (χ4v) is 2.57. The van der Waals surface area contributed by atoms with Crippen molar-refractivity contribution >= 4 is 11.6 Å². The van der Waals surface area contributed by atoms with E-state index in [4.69, 9.17) is 11.6 Å². The molecule has 0 aliphatic carbocycles. The molecule has 2 aromatic rings. The van der Waals surface area contributed by atoms with Gasteiger partial charge in [-0.15, -0.1) is 0 Å². The summed E-state index contributed by atoms with van der Waals surface area (Å²) >= 11 is 5.84. The van der Waals surface area contributed by atoms with Crippen molar-refractivity contribution in [2.45, 2.75) is 26.8 Å². The first kappa shape index (κ1) is 15.0. The Morgan fingerprint density at radius 1 is 1.15 bits per heavy atom. The van der Waals surface area contributed by atoms with Gasteiger partial charge in [-0.1, -0.05) is 42.8 Å². The Labute approximate surface area is 124 Å². The van der Waals surface area contributed by atoms with Crippen LogP contribution in [0, 0.1) is 19.7 Å². The maximum atomic E-state index is 14.2. The molecule has 2 aromatic carbocycles. The standard InChI is InChI=1S/C17H19ClFN/c1-4-20-17(14-7-5-6-11(2)12(14)3)15-9-8-13(18)10-16(15)19/h5-10,17,20H,4H2,1-3H3. The molecule has 1 atom stereocenters. The molecule has 0 bridgehead atoms. The van der Waals surface area contributed by atoms with Crippen molar-refractivity contribution in [2.24, 2.45) is 0 Å². The molecule has 0 radical (unpaired) electrons. The summed E-state index contributed by atoms with van der Waals surface area (Å²) in [5.74, 6) is -0.274. The van der Waals surface area contributed by atoms with Gasteiger partial charge in [-0.3, -0.25) is 0 Å². The lowest BCUT2D eigenvalue weighted by Crippen LogP contribution is -2.24. The number of benzene rings is 2. The second kappa shape index (κ2) is 6.38. The molecule has 106 valence electrons. The van der Waals surface area contributed by atoms with Crippen molar-refractivity contribution in [1.29, 1.82) is 0 Å². The van der Waals surface area contributed by atoms with Gasteiger partial charge < -0.3 is 5.32 Å². The van der Waals surface area contributed by atoms with Gasteiger partial charge in [0.05, 0.1) is 6.04 Å². The number of hydrogen-bond donors (Lipinski definition) is 1. The van der Waals surface area contributed by atoms with Crippen LogP contribution in [-0.4, -0.2) is 6.54 Å². The van der Waals surface area contributed by atoms with Crippen molar-refractivity contribution in [3.63, 3.8) is 0 Å². The van der Waals surface area contributed by atoms with Gasteiger partial charge in [0, 0.05) is 10.6 Å². The summed E-state index contributed by atoms with van der Waals surface area (Å²) in [6.45, 7) is 6.93. The Hall–Kier alpha value is -1.38. The second-order valence-corrected chi connectivity index (χ2v) is 5.38. The van der Waals surface area contributed by atoms with Gasteiger partial charge in [-0.05, 0) is 49.2 Å². The molecule has 2 rings (SSSR count). The fraction of sp³-hybridized carbons (Fsp3) is 0.294. The molecule has 0 aliphatic rings. The van der Waals surface area contributed by atoms with Crippen molar-refractivity contribution in [1.82, 2.24) is 5.32 Å². The van der Waals surface area contributed by atoms with Crippen LogP contribution in [0.25, 0.3) is 0 Å². The molecule has 0 saturated carbocycles. The van der Waals surface area contributed by atoms with Crippen molar-refractivity contribution in [3.05, 3.63) is 69.5 Å². The summed E-state index contributed by atoms with van der Waals surface area (Å²) in [4.78, 5) is 0. The molecule has 1 nitrogen and oxygen atoms in total. The fourth-order valence-electron chi connectivity index (χ4n) is 2.41. The summed E-state index contributed by atoms with van der Waals surface area (Å²) in [6.07, 6.45) is 0. The van der Waals surface area contributed by atoms with Crippen LogP contribution in [0.15, 0.2) is 36.4 Å². The monoisotopic (exact) mass is 291 g/mol. The van der Waals surface area contributed by atoms with Crippen molar-refractivity contribution in [3.8, 4) is 0 Å². The van der Waals surface area contributed by atoms with Gasteiger partial charge in [0.15, 0.2) is 0 Å². The highest BCUT2D eigenvalue weighted by molar-refractivity contribution is 6.30. The number of rotatable bonds is 4. The lowest BCUT2D eigenvalue weighted by atomic mass is 9.92. The van der Waals surface area contributed by atoms with E-state index in [2.05, 4.69) is 25.2 Å². The molecule has 0 saturated heterocycles. The quantitative estimate of drug-likeness (QED) is 0.853. The second-order valence-electron chi connectivity index (χ2n) is 4.95. The molecule has 0 amide bonds. The topological polar surface area (TPSA) is 12.0 Å². The predicted octanol–water partition coefficient (Wildman–Crippen LogP) is 4.79. The first-order valence-corrected chi connectivity index (χ1v) is 7.16. The maximum Gasteiger partial charge on any atom is 0.129 e. The van der Waals surface area contributed by atoms with Crippen LogP contribution in [0.5, 0.6) is 0 Å². The third kappa shape index (κ3) is 3.02. The molecule has 0 fully saturated rings. The number of nitrogens with one attached hydrogen (secondary N) is 1. The summed E-state index contributed by atoms with van der Waals surface area (Å²) in [5.41, 5.74) is 4.13. The molecular weight excluding hydrogens is 273 g/mol. The Kier molecular flexibility index (Phi) is 4.79. The van der Waals surface area contributed by atoms with Crippen LogP contribution in [0.2, 0.25) is 5.02 Å².